The molecule has 0 saturated heterocycles. The van der Waals surface area contributed by atoms with Gasteiger partial charge in [-0.25, -0.2) is 18.0 Å². The summed E-state index contributed by atoms with van der Waals surface area (Å²) >= 11 is 0. The maximum atomic E-state index is 13.3. The van der Waals surface area contributed by atoms with Crippen LogP contribution in [0.1, 0.15) is 12.5 Å². The normalized spacial score (nSPS) is 15.6. The standard InChI is InChI=1S/C10H10F3NO2/c1-9(12,13)10(14,8(15)16)6-4-2-3-5-7(6)11/h2-5H,14H2,1H3,(H,15,16). The van der Waals surface area contributed by atoms with Gasteiger partial charge in [0.05, 0.1) is 0 Å². The van der Waals surface area contributed by atoms with E-state index in [1.54, 1.807) is 0 Å². The molecule has 1 atom stereocenters. The monoisotopic (exact) mass is 233 g/mol. The minimum absolute atomic E-state index is 0.341. The Morgan fingerprint density at radius 2 is 1.88 bits per heavy atom. The second-order valence-electron chi connectivity index (χ2n) is 3.48. The van der Waals surface area contributed by atoms with E-state index in [0.29, 0.717) is 6.92 Å². The summed E-state index contributed by atoms with van der Waals surface area (Å²) in [6.45, 7) is 0.341. The number of rotatable bonds is 3. The lowest BCUT2D eigenvalue weighted by molar-refractivity contribution is -0.160. The summed E-state index contributed by atoms with van der Waals surface area (Å²) in [5.41, 5.74) is 1.34. The summed E-state index contributed by atoms with van der Waals surface area (Å²) in [6, 6.07) is 4.32. The Bertz CT molecular complexity index is 417. The number of aliphatic carboxylic acids is 1. The molecule has 0 spiro atoms. The number of carbonyl (C=O) groups is 1. The summed E-state index contributed by atoms with van der Waals surface area (Å²) in [6.07, 6.45) is 0. The first-order valence-corrected chi connectivity index (χ1v) is 4.36. The first kappa shape index (κ1) is 12.5. The zero-order valence-electron chi connectivity index (χ0n) is 8.38. The first-order valence-electron chi connectivity index (χ1n) is 4.36. The number of nitrogens with two attached hydrogens (primary N) is 1. The molecule has 0 aliphatic carbocycles. The number of hydrogen-bond acceptors (Lipinski definition) is 2. The molecule has 88 valence electrons. The number of halogens is 3. The molecule has 0 aliphatic rings. The molecule has 6 heteroatoms. The van der Waals surface area contributed by atoms with Gasteiger partial charge in [0.15, 0.2) is 0 Å². The van der Waals surface area contributed by atoms with E-state index in [1.165, 1.54) is 12.1 Å². The number of benzene rings is 1. The van der Waals surface area contributed by atoms with Gasteiger partial charge in [0.25, 0.3) is 5.92 Å². The SMILES string of the molecule is CC(F)(F)C(N)(C(=O)O)c1ccccc1F. The molecular formula is C10H10F3NO2. The Hall–Kier alpha value is -1.56. The Balaban J connectivity index is 3.46. The molecule has 0 saturated carbocycles. The van der Waals surface area contributed by atoms with Crippen LogP contribution in [0.25, 0.3) is 0 Å². The van der Waals surface area contributed by atoms with Crippen LogP contribution in [-0.4, -0.2) is 17.0 Å². The second-order valence-corrected chi connectivity index (χ2v) is 3.48. The van der Waals surface area contributed by atoms with Gasteiger partial charge in [-0.3, -0.25) is 0 Å². The van der Waals surface area contributed by atoms with E-state index in [0.717, 1.165) is 12.1 Å². The van der Waals surface area contributed by atoms with Crippen molar-refractivity contribution in [1.82, 2.24) is 0 Å². The van der Waals surface area contributed by atoms with Gasteiger partial charge in [-0.1, -0.05) is 18.2 Å². The third kappa shape index (κ3) is 1.76. The highest BCUT2D eigenvalue weighted by molar-refractivity contribution is 5.82. The Kier molecular flexibility index (Phi) is 2.96. The van der Waals surface area contributed by atoms with E-state index < -0.39 is 28.8 Å². The average molecular weight is 233 g/mol. The first-order chi connectivity index (χ1) is 7.21. The number of alkyl halides is 2. The molecule has 3 nitrogen and oxygen atoms in total. The minimum Gasteiger partial charge on any atom is -0.479 e. The van der Waals surface area contributed by atoms with E-state index in [1.807, 2.05) is 0 Å². The van der Waals surface area contributed by atoms with Crippen LogP contribution in [0.3, 0.4) is 0 Å². The van der Waals surface area contributed by atoms with Crippen molar-refractivity contribution in [2.45, 2.75) is 18.4 Å². The fourth-order valence-electron chi connectivity index (χ4n) is 1.32. The van der Waals surface area contributed by atoms with Crippen LogP contribution in [0.15, 0.2) is 24.3 Å². The minimum atomic E-state index is -3.79. The van der Waals surface area contributed by atoms with Crippen LogP contribution in [0, 0.1) is 5.82 Å². The van der Waals surface area contributed by atoms with Gasteiger partial charge in [0.1, 0.15) is 5.82 Å². The molecule has 0 bridgehead atoms. The molecule has 16 heavy (non-hydrogen) atoms. The van der Waals surface area contributed by atoms with Crippen molar-refractivity contribution in [3.05, 3.63) is 35.6 Å². The Morgan fingerprint density at radius 3 is 2.25 bits per heavy atom. The largest absolute Gasteiger partial charge is 0.479 e. The molecule has 3 N–H and O–H groups in total. The van der Waals surface area contributed by atoms with Gasteiger partial charge in [-0.15, -0.1) is 0 Å². The second kappa shape index (κ2) is 3.79. The van der Waals surface area contributed by atoms with Gasteiger partial charge in [-0.05, 0) is 6.07 Å². The molecule has 1 unspecified atom stereocenters. The summed E-state index contributed by atoms with van der Waals surface area (Å²) in [7, 11) is 0. The molecule has 0 aliphatic heterocycles. The van der Waals surface area contributed by atoms with Crippen LogP contribution >= 0.6 is 0 Å². The lowest BCUT2D eigenvalue weighted by Gasteiger charge is -2.31. The lowest BCUT2D eigenvalue weighted by atomic mass is 9.85. The fourth-order valence-corrected chi connectivity index (χ4v) is 1.32. The highest BCUT2D eigenvalue weighted by Crippen LogP contribution is 2.36. The zero-order valence-corrected chi connectivity index (χ0v) is 8.38. The predicted molar refractivity (Wildman–Crippen MR) is 50.5 cm³/mol. The molecule has 1 aromatic carbocycles. The number of hydrogen-bond donors (Lipinski definition) is 2. The van der Waals surface area contributed by atoms with Gasteiger partial charge in [0, 0.05) is 12.5 Å². The Morgan fingerprint density at radius 1 is 1.38 bits per heavy atom. The predicted octanol–water partition coefficient (Wildman–Crippen LogP) is 1.72. The van der Waals surface area contributed by atoms with Crippen molar-refractivity contribution in [3.63, 3.8) is 0 Å². The molecule has 0 heterocycles. The third-order valence-electron chi connectivity index (χ3n) is 2.33. The molecule has 0 fully saturated rings. The quantitative estimate of drug-likeness (QED) is 0.835. The van der Waals surface area contributed by atoms with Gasteiger partial charge < -0.3 is 10.8 Å². The highest BCUT2D eigenvalue weighted by Gasteiger charge is 2.56. The van der Waals surface area contributed by atoms with Crippen molar-refractivity contribution in [3.8, 4) is 0 Å². The molecule has 0 radical (unpaired) electrons. The van der Waals surface area contributed by atoms with Crippen molar-refractivity contribution < 1.29 is 23.1 Å². The lowest BCUT2D eigenvalue weighted by Crippen LogP contribution is -2.57. The van der Waals surface area contributed by atoms with Crippen LogP contribution in [0.5, 0.6) is 0 Å². The maximum absolute atomic E-state index is 13.3. The summed E-state index contributed by atoms with van der Waals surface area (Å²) in [5, 5.41) is 8.77. The Labute approximate surface area is 89.7 Å². The molecule has 0 amide bonds. The summed E-state index contributed by atoms with van der Waals surface area (Å²) in [4.78, 5) is 10.8. The number of carboxylic acid groups (broad SMARTS) is 1. The van der Waals surface area contributed by atoms with Gasteiger partial charge >= 0.3 is 5.97 Å². The van der Waals surface area contributed by atoms with E-state index >= 15 is 0 Å². The summed E-state index contributed by atoms with van der Waals surface area (Å²) < 4.78 is 39.7. The topological polar surface area (TPSA) is 63.3 Å². The third-order valence-corrected chi connectivity index (χ3v) is 2.33. The van der Waals surface area contributed by atoms with Crippen LogP contribution in [0.2, 0.25) is 0 Å². The van der Waals surface area contributed by atoms with Gasteiger partial charge in [0.2, 0.25) is 5.54 Å². The van der Waals surface area contributed by atoms with Crippen LogP contribution in [-0.2, 0) is 10.3 Å². The van der Waals surface area contributed by atoms with Gasteiger partial charge in [-0.2, -0.15) is 0 Å². The van der Waals surface area contributed by atoms with Crippen molar-refractivity contribution in [2.24, 2.45) is 5.73 Å². The highest BCUT2D eigenvalue weighted by atomic mass is 19.3. The van der Waals surface area contributed by atoms with E-state index in [-0.39, 0.29) is 0 Å². The number of carboxylic acids is 1. The molecule has 1 aromatic rings. The fraction of sp³-hybridized carbons (Fsp3) is 0.300. The van der Waals surface area contributed by atoms with Crippen LogP contribution < -0.4 is 5.73 Å². The molecular weight excluding hydrogens is 223 g/mol. The van der Waals surface area contributed by atoms with E-state index in [9.17, 15) is 18.0 Å². The van der Waals surface area contributed by atoms with Crippen molar-refractivity contribution in [1.29, 1.82) is 0 Å². The van der Waals surface area contributed by atoms with Crippen molar-refractivity contribution in [2.75, 3.05) is 0 Å². The van der Waals surface area contributed by atoms with E-state index in [2.05, 4.69) is 0 Å². The maximum Gasteiger partial charge on any atom is 0.334 e. The summed E-state index contributed by atoms with van der Waals surface area (Å²) in [5.74, 6) is -6.85. The van der Waals surface area contributed by atoms with E-state index in [4.69, 9.17) is 10.8 Å². The van der Waals surface area contributed by atoms with Crippen molar-refractivity contribution >= 4 is 5.97 Å². The van der Waals surface area contributed by atoms with Crippen LogP contribution in [0.4, 0.5) is 13.2 Å². The zero-order chi connectivity index (χ0) is 12.6. The average Bonchev–Trinajstić information content (AvgIpc) is 2.15. The smallest absolute Gasteiger partial charge is 0.334 e. The molecule has 0 aromatic heterocycles. The molecule has 1 rings (SSSR count).